The molecule has 1 aromatic carbocycles. The van der Waals surface area contributed by atoms with E-state index in [-0.39, 0.29) is 0 Å². The Labute approximate surface area is 109 Å². The van der Waals surface area contributed by atoms with Gasteiger partial charge in [0.15, 0.2) is 0 Å². The van der Waals surface area contributed by atoms with E-state index in [2.05, 4.69) is 4.74 Å². The third-order valence-corrected chi connectivity index (χ3v) is 2.34. The molecule has 0 aliphatic rings. The Morgan fingerprint density at radius 3 is 2.20 bits per heavy atom. The fraction of sp³-hybridized carbons (Fsp3) is 0.455. The van der Waals surface area contributed by atoms with Gasteiger partial charge >= 0.3 is 12.5 Å². The number of ether oxygens (including phenoxy) is 1. The van der Waals surface area contributed by atoms with Crippen LogP contribution in [0.15, 0.2) is 18.2 Å². The fourth-order valence-electron chi connectivity index (χ4n) is 1.48. The van der Waals surface area contributed by atoms with Crippen LogP contribution in [0.1, 0.15) is 24.4 Å². The van der Waals surface area contributed by atoms with E-state index >= 15 is 0 Å². The third-order valence-electron chi connectivity index (χ3n) is 2.34. The van der Waals surface area contributed by atoms with Crippen LogP contribution >= 0.6 is 0 Å². The number of halogens is 7. The Balaban J connectivity index is 2.85. The molecule has 0 bridgehead atoms. The molecule has 0 aliphatic heterocycles. The number of hydrogen-bond donors (Lipinski definition) is 1. The van der Waals surface area contributed by atoms with Gasteiger partial charge in [-0.1, -0.05) is 0 Å². The number of hydrogen-bond acceptors (Lipinski definition) is 2. The summed E-state index contributed by atoms with van der Waals surface area (Å²) in [6.45, 7) is 0. The van der Waals surface area contributed by atoms with Crippen molar-refractivity contribution in [3.05, 3.63) is 29.6 Å². The minimum Gasteiger partial charge on any atom is -0.406 e. The van der Waals surface area contributed by atoms with Crippen LogP contribution in [0.4, 0.5) is 30.7 Å². The molecule has 9 heteroatoms. The van der Waals surface area contributed by atoms with Gasteiger partial charge in [0, 0.05) is 18.0 Å². The Kier molecular flexibility index (Phi) is 4.85. The molecule has 0 saturated heterocycles. The molecule has 0 amide bonds. The van der Waals surface area contributed by atoms with Crippen molar-refractivity contribution in [3.63, 3.8) is 0 Å². The van der Waals surface area contributed by atoms with Gasteiger partial charge in [0.2, 0.25) is 0 Å². The average Bonchev–Trinajstić information content (AvgIpc) is 2.25. The fourth-order valence-corrected chi connectivity index (χ4v) is 1.48. The maximum absolute atomic E-state index is 13.4. The second-order valence-electron chi connectivity index (χ2n) is 3.99. The minimum atomic E-state index is -4.98. The summed E-state index contributed by atoms with van der Waals surface area (Å²) in [4.78, 5) is 0. The maximum atomic E-state index is 13.4. The molecule has 114 valence electrons. The van der Waals surface area contributed by atoms with Crippen molar-refractivity contribution in [2.75, 3.05) is 0 Å². The molecular weight excluding hydrogens is 295 g/mol. The summed E-state index contributed by atoms with van der Waals surface area (Å²) < 4.78 is 88.9. The summed E-state index contributed by atoms with van der Waals surface area (Å²) in [5, 5.41) is 0. The van der Waals surface area contributed by atoms with Gasteiger partial charge in [-0.25, -0.2) is 4.39 Å². The summed E-state index contributed by atoms with van der Waals surface area (Å²) in [6.07, 6.45) is -11.4. The summed E-state index contributed by atoms with van der Waals surface area (Å²) >= 11 is 0. The zero-order chi connectivity index (χ0) is 15.6. The summed E-state index contributed by atoms with van der Waals surface area (Å²) in [5.41, 5.74) is 4.90. The molecule has 1 rings (SSSR count). The van der Waals surface area contributed by atoms with Crippen molar-refractivity contribution in [2.45, 2.75) is 31.4 Å². The molecule has 0 heterocycles. The molecule has 2 nitrogen and oxygen atoms in total. The van der Waals surface area contributed by atoms with E-state index < -0.39 is 48.6 Å². The first kappa shape index (κ1) is 16.5. The average molecular weight is 305 g/mol. The van der Waals surface area contributed by atoms with E-state index in [0.29, 0.717) is 18.2 Å². The summed E-state index contributed by atoms with van der Waals surface area (Å²) in [7, 11) is 0. The molecule has 2 N–H and O–H groups in total. The first-order valence-electron chi connectivity index (χ1n) is 5.35. The lowest BCUT2D eigenvalue weighted by atomic mass is 10.0. The summed E-state index contributed by atoms with van der Waals surface area (Å²) in [6, 6.07) is 0.629. The van der Waals surface area contributed by atoms with Crippen molar-refractivity contribution in [3.8, 4) is 5.75 Å². The molecule has 0 saturated carbocycles. The zero-order valence-electron chi connectivity index (χ0n) is 9.85. The second-order valence-corrected chi connectivity index (χ2v) is 3.99. The van der Waals surface area contributed by atoms with Gasteiger partial charge in [-0.15, -0.1) is 13.2 Å². The van der Waals surface area contributed by atoms with Crippen LogP contribution in [0.25, 0.3) is 0 Å². The Morgan fingerprint density at radius 2 is 1.70 bits per heavy atom. The molecule has 0 fully saturated rings. The van der Waals surface area contributed by atoms with Crippen LogP contribution < -0.4 is 10.5 Å². The SMILES string of the molecule is N[C@@H](CCC(F)(F)F)c1cc(OC(F)(F)F)ccc1F. The third kappa shape index (κ3) is 5.64. The molecule has 20 heavy (non-hydrogen) atoms. The van der Waals surface area contributed by atoms with Crippen LogP contribution in [-0.2, 0) is 0 Å². The number of alkyl halides is 6. The van der Waals surface area contributed by atoms with E-state index in [1.807, 2.05) is 0 Å². The van der Waals surface area contributed by atoms with Gasteiger partial charge in [-0.3, -0.25) is 0 Å². The van der Waals surface area contributed by atoms with Crippen molar-refractivity contribution in [1.29, 1.82) is 0 Å². The van der Waals surface area contributed by atoms with Crippen molar-refractivity contribution in [2.24, 2.45) is 5.73 Å². The van der Waals surface area contributed by atoms with Gasteiger partial charge < -0.3 is 10.5 Å². The highest BCUT2D eigenvalue weighted by Gasteiger charge is 2.32. The monoisotopic (exact) mass is 305 g/mol. The molecule has 0 unspecified atom stereocenters. The lowest BCUT2D eigenvalue weighted by Crippen LogP contribution is -2.19. The Hall–Kier alpha value is -1.51. The Morgan fingerprint density at radius 1 is 1.10 bits per heavy atom. The highest BCUT2D eigenvalue weighted by Crippen LogP contribution is 2.30. The largest absolute Gasteiger partial charge is 0.573 e. The van der Waals surface area contributed by atoms with Crippen molar-refractivity contribution in [1.82, 2.24) is 0 Å². The maximum Gasteiger partial charge on any atom is 0.573 e. The lowest BCUT2D eigenvalue weighted by Gasteiger charge is -2.16. The van der Waals surface area contributed by atoms with Gasteiger partial charge in [-0.05, 0) is 24.6 Å². The highest BCUT2D eigenvalue weighted by molar-refractivity contribution is 5.32. The standard InChI is InChI=1S/C11H10F7NO/c12-8-2-1-6(20-11(16,17)18)5-7(8)9(19)3-4-10(13,14)15/h1-2,5,9H,3-4,19H2/t9-/m0/s1. The van der Waals surface area contributed by atoms with Gasteiger partial charge in [0.25, 0.3) is 0 Å². The van der Waals surface area contributed by atoms with E-state index in [0.717, 1.165) is 0 Å². The van der Waals surface area contributed by atoms with Gasteiger partial charge in [0.1, 0.15) is 11.6 Å². The Bertz CT molecular complexity index is 455. The smallest absolute Gasteiger partial charge is 0.406 e. The van der Waals surface area contributed by atoms with Crippen LogP contribution in [0.3, 0.4) is 0 Å². The van der Waals surface area contributed by atoms with Gasteiger partial charge in [-0.2, -0.15) is 13.2 Å². The molecular formula is C11H10F7NO. The summed E-state index contributed by atoms with van der Waals surface area (Å²) in [5.74, 6) is -1.73. The first-order chi connectivity index (χ1) is 8.98. The van der Waals surface area contributed by atoms with Gasteiger partial charge in [0.05, 0.1) is 0 Å². The van der Waals surface area contributed by atoms with Crippen LogP contribution in [0, 0.1) is 5.82 Å². The molecule has 0 aromatic heterocycles. The quantitative estimate of drug-likeness (QED) is 0.851. The van der Waals surface area contributed by atoms with Crippen molar-refractivity contribution < 1.29 is 35.5 Å². The lowest BCUT2D eigenvalue weighted by molar-refractivity contribution is -0.274. The first-order valence-corrected chi connectivity index (χ1v) is 5.35. The molecule has 0 radical (unpaired) electrons. The van der Waals surface area contributed by atoms with E-state index in [9.17, 15) is 30.7 Å². The zero-order valence-corrected chi connectivity index (χ0v) is 9.85. The minimum absolute atomic E-state index is 0.462. The highest BCUT2D eigenvalue weighted by atomic mass is 19.4. The normalized spacial score (nSPS) is 14.2. The van der Waals surface area contributed by atoms with E-state index in [4.69, 9.17) is 5.73 Å². The molecule has 1 aromatic rings. The molecule has 0 spiro atoms. The van der Waals surface area contributed by atoms with Crippen LogP contribution in [0.2, 0.25) is 0 Å². The molecule has 0 aliphatic carbocycles. The van der Waals surface area contributed by atoms with E-state index in [1.165, 1.54) is 0 Å². The second kappa shape index (κ2) is 5.86. The van der Waals surface area contributed by atoms with Crippen LogP contribution in [0.5, 0.6) is 5.75 Å². The van der Waals surface area contributed by atoms with E-state index in [1.54, 1.807) is 0 Å². The predicted molar refractivity (Wildman–Crippen MR) is 55.3 cm³/mol. The molecule has 1 atom stereocenters. The number of benzene rings is 1. The number of nitrogens with two attached hydrogens (primary N) is 1. The number of rotatable bonds is 4. The van der Waals surface area contributed by atoms with Crippen molar-refractivity contribution >= 4 is 0 Å². The van der Waals surface area contributed by atoms with Crippen LogP contribution in [-0.4, -0.2) is 12.5 Å². The topological polar surface area (TPSA) is 35.2 Å². The predicted octanol–water partition coefficient (Wildman–Crippen LogP) is 4.07.